The standard InChI is InChI=1S/C18H24Cl2N4O.HI/c1-4-21-18(22-10-14-9-15(19)17(20)24(14)3)23-11-16(25)13-7-5-6-12(2)8-13;/h5-9,16,25H,4,10-11H2,1-3H3,(H2,21,22,23);1H. The summed E-state index contributed by atoms with van der Waals surface area (Å²) in [6.07, 6.45) is -0.609. The lowest BCUT2D eigenvalue weighted by Crippen LogP contribution is -2.39. The van der Waals surface area contributed by atoms with Crippen LogP contribution in [0.15, 0.2) is 35.3 Å². The molecule has 0 aliphatic rings. The molecule has 0 aliphatic heterocycles. The Balaban J connectivity index is 0.00000338. The fourth-order valence-corrected chi connectivity index (χ4v) is 2.85. The maximum Gasteiger partial charge on any atom is 0.191 e. The highest BCUT2D eigenvalue weighted by Gasteiger charge is 2.10. The van der Waals surface area contributed by atoms with Crippen LogP contribution in [0.4, 0.5) is 0 Å². The van der Waals surface area contributed by atoms with E-state index in [9.17, 15) is 5.11 Å². The van der Waals surface area contributed by atoms with Gasteiger partial charge in [0, 0.05) is 25.8 Å². The van der Waals surface area contributed by atoms with E-state index in [2.05, 4.69) is 15.6 Å². The summed E-state index contributed by atoms with van der Waals surface area (Å²) in [5.74, 6) is 0.627. The minimum Gasteiger partial charge on any atom is -0.387 e. The molecule has 1 atom stereocenters. The molecule has 1 aromatic carbocycles. The van der Waals surface area contributed by atoms with Crippen LogP contribution < -0.4 is 10.6 Å². The second-order valence-corrected chi connectivity index (χ2v) is 6.60. The number of aryl methyl sites for hydroxylation is 1. The van der Waals surface area contributed by atoms with Crippen LogP contribution in [0.2, 0.25) is 10.2 Å². The molecule has 0 saturated heterocycles. The summed E-state index contributed by atoms with van der Waals surface area (Å²) in [5.41, 5.74) is 2.91. The van der Waals surface area contributed by atoms with E-state index < -0.39 is 6.10 Å². The number of aliphatic hydroxyl groups excluding tert-OH is 1. The topological polar surface area (TPSA) is 61.6 Å². The van der Waals surface area contributed by atoms with Crippen LogP contribution in [-0.2, 0) is 13.6 Å². The largest absolute Gasteiger partial charge is 0.387 e. The number of rotatable bonds is 6. The number of aliphatic imine (C=N–C) groups is 1. The molecule has 0 saturated carbocycles. The first-order chi connectivity index (χ1) is 11.9. The first-order valence-corrected chi connectivity index (χ1v) is 8.94. The molecule has 2 rings (SSSR count). The van der Waals surface area contributed by atoms with E-state index in [0.29, 0.717) is 29.2 Å². The maximum absolute atomic E-state index is 10.3. The van der Waals surface area contributed by atoms with Gasteiger partial charge in [0.2, 0.25) is 0 Å². The van der Waals surface area contributed by atoms with E-state index in [0.717, 1.165) is 23.4 Å². The minimum atomic E-state index is -0.609. The van der Waals surface area contributed by atoms with Crippen molar-refractivity contribution >= 4 is 53.1 Å². The smallest absolute Gasteiger partial charge is 0.191 e. The number of hydrogen-bond acceptors (Lipinski definition) is 2. The molecule has 0 radical (unpaired) electrons. The molecule has 3 N–H and O–H groups in total. The first-order valence-electron chi connectivity index (χ1n) is 8.18. The first kappa shape index (κ1) is 23.1. The average Bonchev–Trinajstić information content (AvgIpc) is 2.84. The van der Waals surface area contributed by atoms with Gasteiger partial charge in [0.05, 0.1) is 17.7 Å². The average molecular weight is 511 g/mol. The lowest BCUT2D eigenvalue weighted by atomic mass is 10.1. The summed E-state index contributed by atoms with van der Waals surface area (Å²) in [7, 11) is 1.85. The Kier molecular flexibility index (Phi) is 9.78. The monoisotopic (exact) mass is 510 g/mol. The normalized spacial score (nSPS) is 12.5. The van der Waals surface area contributed by atoms with Crippen LogP contribution in [0, 0.1) is 6.92 Å². The number of aliphatic hydroxyl groups is 1. The van der Waals surface area contributed by atoms with Gasteiger partial charge in [-0.1, -0.05) is 53.0 Å². The van der Waals surface area contributed by atoms with Crippen LogP contribution >= 0.6 is 47.2 Å². The van der Waals surface area contributed by atoms with Crippen molar-refractivity contribution in [3.8, 4) is 0 Å². The number of aromatic nitrogens is 1. The summed E-state index contributed by atoms with van der Waals surface area (Å²) in [4.78, 5) is 4.53. The van der Waals surface area contributed by atoms with Gasteiger partial charge in [-0.2, -0.15) is 0 Å². The van der Waals surface area contributed by atoms with Gasteiger partial charge >= 0.3 is 0 Å². The van der Waals surface area contributed by atoms with Crippen molar-refractivity contribution in [2.75, 3.05) is 13.1 Å². The Hall–Kier alpha value is -0.960. The minimum absolute atomic E-state index is 0. The fraction of sp³-hybridized carbons (Fsp3) is 0.389. The number of nitrogens with one attached hydrogen (secondary N) is 2. The van der Waals surface area contributed by atoms with Crippen molar-refractivity contribution in [3.05, 3.63) is 57.3 Å². The predicted octanol–water partition coefficient (Wildman–Crippen LogP) is 4.05. The predicted molar refractivity (Wildman–Crippen MR) is 120 cm³/mol. The molecule has 26 heavy (non-hydrogen) atoms. The zero-order chi connectivity index (χ0) is 18.4. The Morgan fingerprint density at radius 1 is 1.27 bits per heavy atom. The molecule has 144 valence electrons. The molecule has 0 fully saturated rings. The Labute approximate surface area is 181 Å². The summed E-state index contributed by atoms with van der Waals surface area (Å²) >= 11 is 12.1. The number of halogens is 3. The second-order valence-electron chi connectivity index (χ2n) is 5.84. The molecule has 1 aromatic heterocycles. The van der Waals surface area contributed by atoms with Crippen LogP contribution in [0.5, 0.6) is 0 Å². The second kappa shape index (κ2) is 11.0. The van der Waals surface area contributed by atoms with E-state index in [1.807, 2.05) is 45.2 Å². The van der Waals surface area contributed by atoms with Crippen molar-refractivity contribution < 1.29 is 5.11 Å². The highest BCUT2D eigenvalue weighted by atomic mass is 127. The number of nitrogens with zero attached hydrogens (tertiary/aromatic N) is 2. The number of hydrogen-bond donors (Lipinski definition) is 3. The highest BCUT2D eigenvalue weighted by molar-refractivity contribution is 14.0. The van der Waals surface area contributed by atoms with Crippen LogP contribution in [0.25, 0.3) is 0 Å². The van der Waals surface area contributed by atoms with Crippen molar-refractivity contribution in [3.63, 3.8) is 0 Å². The highest BCUT2D eigenvalue weighted by Crippen LogP contribution is 2.25. The van der Waals surface area contributed by atoms with Crippen LogP contribution in [0.3, 0.4) is 0 Å². The molecule has 2 aromatic rings. The third-order valence-corrected chi connectivity index (χ3v) is 4.69. The zero-order valence-corrected chi connectivity index (χ0v) is 18.9. The fourth-order valence-electron chi connectivity index (χ4n) is 2.43. The summed E-state index contributed by atoms with van der Waals surface area (Å²) in [6.45, 7) is 5.51. The molecule has 8 heteroatoms. The van der Waals surface area contributed by atoms with E-state index in [4.69, 9.17) is 23.2 Å². The molecule has 0 amide bonds. The molecular formula is C18H25Cl2IN4O. The van der Waals surface area contributed by atoms with E-state index in [1.54, 1.807) is 10.6 Å². The van der Waals surface area contributed by atoms with Gasteiger partial charge in [-0.15, -0.1) is 24.0 Å². The molecule has 1 heterocycles. The molecular weight excluding hydrogens is 486 g/mol. The third kappa shape index (κ3) is 6.33. The molecule has 0 bridgehead atoms. The Bertz CT molecular complexity index is 749. The van der Waals surface area contributed by atoms with Gasteiger partial charge < -0.3 is 20.3 Å². The lowest BCUT2D eigenvalue weighted by molar-refractivity contribution is 0.181. The van der Waals surface area contributed by atoms with Gasteiger partial charge in [-0.25, -0.2) is 4.99 Å². The molecule has 1 unspecified atom stereocenters. The molecule has 5 nitrogen and oxygen atoms in total. The molecule has 0 aliphatic carbocycles. The third-order valence-electron chi connectivity index (χ3n) is 3.85. The van der Waals surface area contributed by atoms with Crippen molar-refractivity contribution in [2.24, 2.45) is 12.0 Å². The van der Waals surface area contributed by atoms with Gasteiger partial charge in [-0.05, 0) is 25.5 Å². The van der Waals surface area contributed by atoms with E-state index in [-0.39, 0.29) is 24.0 Å². The number of guanidine groups is 1. The van der Waals surface area contributed by atoms with Gasteiger partial charge in [0.25, 0.3) is 0 Å². The van der Waals surface area contributed by atoms with Crippen LogP contribution in [0.1, 0.15) is 29.8 Å². The van der Waals surface area contributed by atoms with Gasteiger partial charge in [0.15, 0.2) is 5.96 Å². The summed E-state index contributed by atoms with van der Waals surface area (Å²) < 4.78 is 1.80. The summed E-state index contributed by atoms with van der Waals surface area (Å²) in [5, 5.41) is 17.7. The molecule has 0 spiro atoms. The Morgan fingerprint density at radius 3 is 2.58 bits per heavy atom. The van der Waals surface area contributed by atoms with E-state index >= 15 is 0 Å². The van der Waals surface area contributed by atoms with Gasteiger partial charge in [-0.3, -0.25) is 0 Å². The van der Waals surface area contributed by atoms with Crippen molar-refractivity contribution in [1.29, 1.82) is 0 Å². The zero-order valence-electron chi connectivity index (χ0n) is 15.1. The van der Waals surface area contributed by atoms with Crippen LogP contribution in [-0.4, -0.2) is 28.7 Å². The number of benzene rings is 1. The van der Waals surface area contributed by atoms with Crippen molar-refractivity contribution in [2.45, 2.75) is 26.5 Å². The Morgan fingerprint density at radius 2 is 2.00 bits per heavy atom. The lowest BCUT2D eigenvalue weighted by Gasteiger charge is -2.16. The quantitative estimate of drug-likeness (QED) is 0.312. The van der Waals surface area contributed by atoms with Crippen molar-refractivity contribution in [1.82, 2.24) is 15.2 Å². The SMILES string of the molecule is CCNC(=NCc1cc(Cl)c(Cl)n1C)NCC(O)c1cccc(C)c1.I. The maximum atomic E-state index is 10.3. The van der Waals surface area contributed by atoms with Gasteiger partial charge in [0.1, 0.15) is 5.15 Å². The van der Waals surface area contributed by atoms with E-state index in [1.165, 1.54) is 0 Å². The summed E-state index contributed by atoms with van der Waals surface area (Å²) in [6, 6.07) is 9.64.